The van der Waals surface area contributed by atoms with Gasteiger partial charge in [0.25, 0.3) is 0 Å². The molecule has 1 aromatic carbocycles. The monoisotopic (exact) mass is 264 g/mol. The van der Waals surface area contributed by atoms with Crippen molar-refractivity contribution in [1.29, 1.82) is 0 Å². The molecular formula is C13H10F2N2O2. The Balaban J connectivity index is 2.17. The van der Waals surface area contributed by atoms with Gasteiger partial charge in [-0.25, -0.2) is 13.6 Å². The third kappa shape index (κ3) is 3.04. The van der Waals surface area contributed by atoms with Crippen LogP contribution < -0.4 is 5.32 Å². The van der Waals surface area contributed by atoms with Crippen LogP contribution >= 0.6 is 0 Å². The lowest BCUT2D eigenvalue weighted by Crippen LogP contribution is -2.09. The van der Waals surface area contributed by atoms with E-state index in [2.05, 4.69) is 10.3 Å². The first kappa shape index (κ1) is 12.9. The van der Waals surface area contributed by atoms with Crippen LogP contribution in [0.5, 0.6) is 0 Å². The number of hydrogen-bond acceptors (Lipinski definition) is 3. The molecule has 6 heteroatoms. The Morgan fingerprint density at radius 1 is 1.32 bits per heavy atom. The van der Waals surface area contributed by atoms with E-state index < -0.39 is 17.6 Å². The lowest BCUT2D eigenvalue weighted by molar-refractivity contribution is 0.0695. The van der Waals surface area contributed by atoms with Crippen LogP contribution in [-0.2, 0) is 6.54 Å². The van der Waals surface area contributed by atoms with Crippen LogP contribution in [0, 0.1) is 11.6 Å². The van der Waals surface area contributed by atoms with Gasteiger partial charge in [0.05, 0.1) is 23.5 Å². The van der Waals surface area contributed by atoms with E-state index in [9.17, 15) is 13.6 Å². The number of carboxylic acids is 1. The summed E-state index contributed by atoms with van der Waals surface area (Å²) in [5.41, 5.74) is 0.402. The maximum absolute atomic E-state index is 13.4. The quantitative estimate of drug-likeness (QED) is 0.891. The van der Waals surface area contributed by atoms with E-state index >= 15 is 0 Å². The molecule has 0 spiro atoms. The van der Waals surface area contributed by atoms with Crippen LogP contribution in [0.3, 0.4) is 0 Å². The van der Waals surface area contributed by atoms with Gasteiger partial charge in [-0.3, -0.25) is 4.98 Å². The molecule has 0 bridgehead atoms. The van der Waals surface area contributed by atoms with E-state index in [1.54, 1.807) is 0 Å². The molecule has 0 aliphatic rings. The minimum absolute atomic E-state index is 0.0328. The van der Waals surface area contributed by atoms with Crippen LogP contribution in [0.4, 0.5) is 14.5 Å². The van der Waals surface area contributed by atoms with Crippen molar-refractivity contribution in [3.8, 4) is 0 Å². The number of carbonyl (C=O) groups is 1. The van der Waals surface area contributed by atoms with Gasteiger partial charge in [-0.05, 0) is 24.3 Å². The smallest absolute Gasteiger partial charge is 0.337 e. The minimum atomic E-state index is -1.11. The highest BCUT2D eigenvalue weighted by Gasteiger charge is 2.11. The molecule has 0 aliphatic heterocycles. The zero-order valence-electron chi connectivity index (χ0n) is 9.73. The third-order valence-corrected chi connectivity index (χ3v) is 2.50. The first-order valence-electron chi connectivity index (χ1n) is 5.44. The number of rotatable bonds is 4. The van der Waals surface area contributed by atoms with Gasteiger partial charge in [-0.15, -0.1) is 0 Å². The second-order valence-electron chi connectivity index (χ2n) is 3.78. The number of carboxylic acid groups (broad SMARTS) is 1. The predicted molar refractivity (Wildman–Crippen MR) is 64.9 cm³/mol. The van der Waals surface area contributed by atoms with Gasteiger partial charge in [0.15, 0.2) is 0 Å². The van der Waals surface area contributed by atoms with Gasteiger partial charge < -0.3 is 10.4 Å². The molecule has 19 heavy (non-hydrogen) atoms. The summed E-state index contributed by atoms with van der Waals surface area (Å²) in [6, 6.07) is 6.02. The number of anilines is 1. The molecule has 0 saturated heterocycles. The van der Waals surface area contributed by atoms with E-state index in [4.69, 9.17) is 5.11 Å². The summed E-state index contributed by atoms with van der Waals surface area (Å²) in [5, 5.41) is 11.6. The highest BCUT2D eigenvalue weighted by molar-refractivity contribution is 5.88. The maximum Gasteiger partial charge on any atom is 0.337 e. The molecule has 1 aromatic heterocycles. The Kier molecular flexibility index (Phi) is 3.70. The fraction of sp³-hybridized carbons (Fsp3) is 0.0769. The summed E-state index contributed by atoms with van der Waals surface area (Å²) in [4.78, 5) is 14.9. The van der Waals surface area contributed by atoms with Crippen LogP contribution in [0.1, 0.15) is 16.1 Å². The van der Waals surface area contributed by atoms with Crippen LogP contribution in [0.2, 0.25) is 0 Å². The first-order chi connectivity index (χ1) is 9.08. The molecule has 2 rings (SSSR count). The van der Waals surface area contributed by atoms with Crippen molar-refractivity contribution < 1.29 is 18.7 Å². The second kappa shape index (κ2) is 5.43. The SMILES string of the molecule is O=C(O)c1cccnc1CNc1ccc(F)cc1F. The number of nitrogens with zero attached hydrogens (tertiary/aromatic N) is 1. The highest BCUT2D eigenvalue weighted by atomic mass is 19.1. The Morgan fingerprint density at radius 2 is 2.11 bits per heavy atom. The van der Waals surface area contributed by atoms with Gasteiger partial charge in [0.2, 0.25) is 0 Å². The fourth-order valence-corrected chi connectivity index (χ4v) is 1.59. The zero-order chi connectivity index (χ0) is 13.8. The van der Waals surface area contributed by atoms with Crippen molar-refractivity contribution in [2.45, 2.75) is 6.54 Å². The molecular weight excluding hydrogens is 254 g/mol. The number of aromatic nitrogens is 1. The van der Waals surface area contributed by atoms with Crippen LogP contribution in [0.25, 0.3) is 0 Å². The zero-order valence-corrected chi connectivity index (χ0v) is 9.73. The van der Waals surface area contributed by atoms with Gasteiger partial charge in [0, 0.05) is 12.3 Å². The van der Waals surface area contributed by atoms with Crippen molar-refractivity contribution in [3.63, 3.8) is 0 Å². The number of pyridine rings is 1. The van der Waals surface area contributed by atoms with Crippen LogP contribution in [0.15, 0.2) is 36.5 Å². The first-order valence-corrected chi connectivity index (χ1v) is 5.44. The standard InChI is InChI=1S/C13H10F2N2O2/c14-8-3-4-11(10(15)6-8)17-7-12-9(13(18)19)2-1-5-16-12/h1-6,17H,7H2,(H,18,19). The number of hydrogen-bond donors (Lipinski definition) is 2. The molecule has 0 saturated carbocycles. The summed E-state index contributed by atoms with van der Waals surface area (Å²) in [6.45, 7) is 0.0328. The Labute approximate surface area is 107 Å². The van der Waals surface area contributed by atoms with Crippen LogP contribution in [-0.4, -0.2) is 16.1 Å². The van der Waals surface area contributed by atoms with Gasteiger partial charge in [0.1, 0.15) is 11.6 Å². The molecule has 0 unspecified atom stereocenters. The summed E-state index contributed by atoms with van der Waals surface area (Å²) in [6.07, 6.45) is 1.45. The van der Waals surface area contributed by atoms with E-state index in [0.717, 1.165) is 12.1 Å². The summed E-state index contributed by atoms with van der Waals surface area (Å²) >= 11 is 0. The number of benzene rings is 1. The summed E-state index contributed by atoms with van der Waals surface area (Å²) in [5.74, 6) is -2.52. The topological polar surface area (TPSA) is 62.2 Å². The Morgan fingerprint density at radius 3 is 2.79 bits per heavy atom. The van der Waals surface area contributed by atoms with Gasteiger partial charge in [-0.2, -0.15) is 0 Å². The Bertz CT molecular complexity index is 617. The summed E-state index contributed by atoms with van der Waals surface area (Å²) < 4.78 is 26.1. The molecule has 0 amide bonds. The van der Waals surface area contributed by atoms with Gasteiger partial charge in [-0.1, -0.05) is 0 Å². The molecule has 0 fully saturated rings. The molecule has 1 heterocycles. The molecule has 2 N–H and O–H groups in total. The van der Waals surface area contributed by atoms with Crippen molar-refractivity contribution in [1.82, 2.24) is 4.98 Å². The number of halogens is 2. The fourth-order valence-electron chi connectivity index (χ4n) is 1.59. The lowest BCUT2D eigenvalue weighted by atomic mass is 10.2. The van der Waals surface area contributed by atoms with Crippen molar-refractivity contribution in [2.75, 3.05) is 5.32 Å². The van der Waals surface area contributed by atoms with Gasteiger partial charge >= 0.3 is 5.97 Å². The predicted octanol–water partition coefficient (Wildman–Crippen LogP) is 2.67. The second-order valence-corrected chi connectivity index (χ2v) is 3.78. The highest BCUT2D eigenvalue weighted by Crippen LogP contribution is 2.16. The van der Waals surface area contributed by atoms with E-state index in [1.165, 1.54) is 24.4 Å². The minimum Gasteiger partial charge on any atom is -0.478 e. The van der Waals surface area contributed by atoms with E-state index in [-0.39, 0.29) is 23.5 Å². The van der Waals surface area contributed by atoms with Crippen molar-refractivity contribution >= 4 is 11.7 Å². The normalized spacial score (nSPS) is 10.2. The lowest BCUT2D eigenvalue weighted by Gasteiger charge is -2.08. The molecule has 4 nitrogen and oxygen atoms in total. The third-order valence-electron chi connectivity index (χ3n) is 2.50. The van der Waals surface area contributed by atoms with E-state index in [1.807, 2.05) is 0 Å². The maximum atomic E-state index is 13.4. The largest absolute Gasteiger partial charge is 0.478 e. The average Bonchev–Trinajstić information content (AvgIpc) is 2.38. The summed E-state index contributed by atoms with van der Waals surface area (Å²) in [7, 11) is 0. The van der Waals surface area contributed by atoms with Crippen molar-refractivity contribution in [3.05, 3.63) is 59.4 Å². The molecule has 0 aliphatic carbocycles. The Hall–Kier alpha value is -2.50. The number of nitrogens with one attached hydrogen (secondary N) is 1. The molecule has 0 atom stereocenters. The average molecular weight is 264 g/mol. The van der Waals surface area contributed by atoms with Crippen molar-refractivity contribution in [2.24, 2.45) is 0 Å². The molecule has 98 valence electrons. The molecule has 2 aromatic rings. The van der Waals surface area contributed by atoms with E-state index in [0.29, 0.717) is 0 Å². The molecule has 0 radical (unpaired) electrons. The number of aromatic carboxylic acids is 1.